The van der Waals surface area contributed by atoms with Crippen molar-refractivity contribution in [1.29, 1.82) is 0 Å². The molecule has 0 saturated heterocycles. The molecule has 1 aromatic rings. The Morgan fingerprint density at radius 2 is 2.50 bits per heavy atom. The maximum atomic E-state index is 11.2. The van der Waals surface area contributed by atoms with Crippen LogP contribution in [0.4, 0.5) is 0 Å². The molecule has 0 aliphatic carbocycles. The lowest BCUT2D eigenvalue weighted by Crippen LogP contribution is -2.16. The SMILES string of the molecule is CCOC(=O)Cn1cncc1CCN. The maximum absolute atomic E-state index is 11.2. The van der Waals surface area contributed by atoms with Crippen LogP contribution in [0.1, 0.15) is 12.6 Å². The molecule has 0 fully saturated rings. The van der Waals surface area contributed by atoms with Crippen LogP contribution >= 0.6 is 0 Å². The van der Waals surface area contributed by atoms with Gasteiger partial charge in [-0.3, -0.25) is 4.79 Å². The number of nitrogens with zero attached hydrogens (tertiary/aromatic N) is 2. The summed E-state index contributed by atoms with van der Waals surface area (Å²) in [7, 11) is 0. The summed E-state index contributed by atoms with van der Waals surface area (Å²) in [4.78, 5) is 15.1. The lowest BCUT2D eigenvalue weighted by Gasteiger charge is -2.06. The van der Waals surface area contributed by atoms with Crippen molar-refractivity contribution in [2.45, 2.75) is 19.9 Å². The van der Waals surface area contributed by atoms with E-state index >= 15 is 0 Å². The van der Waals surface area contributed by atoms with Crippen LogP contribution in [0, 0.1) is 0 Å². The third kappa shape index (κ3) is 2.85. The van der Waals surface area contributed by atoms with Gasteiger partial charge < -0.3 is 15.0 Å². The van der Waals surface area contributed by atoms with Crippen molar-refractivity contribution >= 4 is 5.97 Å². The van der Waals surface area contributed by atoms with Crippen molar-refractivity contribution in [3.8, 4) is 0 Å². The predicted molar refractivity (Wildman–Crippen MR) is 51.6 cm³/mol. The van der Waals surface area contributed by atoms with Crippen LogP contribution in [0.25, 0.3) is 0 Å². The number of imidazole rings is 1. The molecule has 1 aromatic heterocycles. The fourth-order valence-corrected chi connectivity index (χ4v) is 1.19. The molecule has 0 aliphatic heterocycles. The molecule has 0 unspecified atom stereocenters. The molecule has 0 atom stereocenters. The zero-order valence-electron chi connectivity index (χ0n) is 8.27. The summed E-state index contributed by atoms with van der Waals surface area (Å²) < 4.78 is 6.58. The Bertz CT molecular complexity index is 296. The van der Waals surface area contributed by atoms with Crippen LogP contribution in [0.15, 0.2) is 12.5 Å². The van der Waals surface area contributed by atoms with E-state index in [0.717, 1.165) is 12.1 Å². The molecule has 78 valence electrons. The molecular weight excluding hydrogens is 182 g/mol. The van der Waals surface area contributed by atoms with Crippen LogP contribution in [0.3, 0.4) is 0 Å². The van der Waals surface area contributed by atoms with Gasteiger partial charge in [0.2, 0.25) is 0 Å². The summed E-state index contributed by atoms with van der Waals surface area (Å²) in [6.07, 6.45) is 4.05. The Morgan fingerprint density at radius 1 is 1.71 bits per heavy atom. The third-order valence-corrected chi connectivity index (χ3v) is 1.80. The molecule has 1 heterocycles. The highest BCUT2D eigenvalue weighted by atomic mass is 16.5. The standard InChI is InChI=1S/C9H15N3O2/c1-2-14-9(13)6-12-7-11-5-8(12)3-4-10/h5,7H,2-4,6,10H2,1H3. The highest BCUT2D eigenvalue weighted by Crippen LogP contribution is 2.00. The second-order valence-electron chi connectivity index (χ2n) is 2.86. The molecule has 0 bridgehead atoms. The fraction of sp³-hybridized carbons (Fsp3) is 0.556. The van der Waals surface area contributed by atoms with Crippen LogP contribution < -0.4 is 5.73 Å². The number of carbonyl (C=O) groups is 1. The monoisotopic (exact) mass is 197 g/mol. The molecule has 0 radical (unpaired) electrons. The summed E-state index contributed by atoms with van der Waals surface area (Å²) in [5.41, 5.74) is 6.38. The van der Waals surface area contributed by atoms with Gasteiger partial charge in [-0.15, -0.1) is 0 Å². The van der Waals surface area contributed by atoms with E-state index < -0.39 is 0 Å². The first-order valence-corrected chi connectivity index (χ1v) is 4.62. The van der Waals surface area contributed by atoms with Gasteiger partial charge in [0.1, 0.15) is 6.54 Å². The van der Waals surface area contributed by atoms with Gasteiger partial charge in [0, 0.05) is 18.3 Å². The topological polar surface area (TPSA) is 70.1 Å². The second-order valence-corrected chi connectivity index (χ2v) is 2.86. The van der Waals surface area contributed by atoms with E-state index in [1.54, 1.807) is 24.0 Å². The van der Waals surface area contributed by atoms with Crippen LogP contribution in [0.5, 0.6) is 0 Å². The zero-order chi connectivity index (χ0) is 10.4. The van der Waals surface area contributed by atoms with Gasteiger partial charge in [0.15, 0.2) is 0 Å². The van der Waals surface area contributed by atoms with E-state index in [9.17, 15) is 4.79 Å². The van der Waals surface area contributed by atoms with Crippen LogP contribution in [-0.2, 0) is 22.5 Å². The van der Waals surface area contributed by atoms with Gasteiger partial charge in [-0.2, -0.15) is 0 Å². The molecule has 5 heteroatoms. The molecule has 0 saturated carbocycles. The van der Waals surface area contributed by atoms with E-state index in [1.165, 1.54) is 0 Å². The minimum absolute atomic E-state index is 0.211. The highest BCUT2D eigenvalue weighted by Gasteiger charge is 2.06. The number of rotatable bonds is 5. The average molecular weight is 197 g/mol. The van der Waals surface area contributed by atoms with Crippen molar-refractivity contribution in [2.75, 3.05) is 13.2 Å². The Hall–Kier alpha value is -1.36. The van der Waals surface area contributed by atoms with E-state index in [1.807, 2.05) is 0 Å². The smallest absolute Gasteiger partial charge is 0.325 e. The number of aromatic nitrogens is 2. The van der Waals surface area contributed by atoms with Gasteiger partial charge in [-0.25, -0.2) is 4.98 Å². The van der Waals surface area contributed by atoms with Crippen molar-refractivity contribution in [3.05, 3.63) is 18.2 Å². The average Bonchev–Trinajstić information content (AvgIpc) is 2.54. The zero-order valence-corrected chi connectivity index (χ0v) is 8.27. The molecule has 0 amide bonds. The van der Waals surface area contributed by atoms with Gasteiger partial charge in [-0.05, 0) is 13.5 Å². The number of carbonyl (C=O) groups excluding carboxylic acids is 1. The molecule has 14 heavy (non-hydrogen) atoms. The second kappa shape index (κ2) is 5.39. The van der Waals surface area contributed by atoms with Gasteiger partial charge >= 0.3 is 5.97 Å². The summed E-state index contributed by atoms with van der Waals surface area (Å²) in [6.45, 7) is 2.95. The first kappa shape index (κ1) is 10.7. The number of hydrogen-bond donors (Lipinski definition) is 1. The van der Waals surface area contributed by atoms with E-state index in [4.69, 9.17) is 10.5 Å². The number of hydrogen-bond acceptors (Lipinski definition) is 4. The number of esters is 1. The van der Waals surface area contributed by atoms with Crippen LogP contribution in [-0.4, -0.2) is 28.7 Å². The predicted octanol–water partition coefficient (Wildman–Crippen LogP) is -0.0526. The van der Waals surface area contributed by atoms with E-state index in [2.05, 4.69) is 4.98 Å². The Balaban J connectivity index is 2.56. The first-order chi connectivity index (χ1) is 6.77. The van der Waals surface area contributed by atoms with Crippen LogP contribution in [0.2, 0.25) is 0 Å². The number of nitrogens with two attached hydrogens (primary N) is 1. The lowest BCUT2D eigenvalue weighted by atomic mass is 10.3. The minimum Gasteiger partial charge on any atom is -0.465 e. The quantitative estimate of drug-likeness (QED) is 0.672. The maximum Gasteiger partial charge on any atom is 0.325 e. The Morgan fingerprint density at radius 3 is 3.14 bits per heavy atom. The highest BCUT2D eigenvalue weighted by molar-refractivity contribution is 5.69. The molecule has 0 aliphatic rings. The summed E-state index contributed by atoms with van der Waals surface area (Å²) in [6, 6.07) is 0. The molecule has 5 nitrogen and oxygen atoms in total. The van der Waals surface area contributed by atoms with Crippen molar-refractivity contribution in [1.82, 2.24) is 9.55 Å². The number of ether oxygens (including phenoxy) is 1. The van der Waals surface area contributed by atoms with E-state index in [-0.39, 0.29) is 12.5 Å². The van der Waals surface area contributed by atoms with Crippen molar-refractivity contribution in [2.24, 2.45) is 5.73 Å². The summed E-state index contributed by atoms with van der Waals surface area (Å²) in [5.74, 6) is -0.247. The van der Waals surface area contributed by atoms with Gasteiger partial charge in [0.25, 0.3) is 0 Å². The lowest BCUT2D eigenvalue weighted by molar-refractivity contribution is -0.143. The van der Waals surface area contributed by atoms with Crippen molar-refractivity contribution in [3.63, 3.8) is 0 Å². The van der Waals surface area contributed by atoms with Crippen molar-refractivity contribution < 1.29 is 9.53 Å². The minimum atomic E-state index is -0.247. The van der Waals surface area contributed by atoms with E-state index in [0.29, 0.717) is 13.2 Å². The summed E-state index contributed by atoms with van der Waals surface area (Å²) >= 11 is 0. The normalized spacial score (nSPS) is 10.1. The van der Waals surface area contributed by atoms with Gasteiger partial charge in [-0.1, -0.05) is 0 Å². The summed E-state index contributed by atoms with van der Waals surface area (Å²) in [5, 5.41) is 0. The largest absolute Gasteiger partial charge is 0.465 e. The molecule has 0 aromatic carbocycles. The molecule has 0 spiro atoms. The third-order valence-electron chi connectivity index (χ3n) is 1.80. The first-order valence-electron chi connectivity index (χ1n) is 4.62. The molecule has 1 rings (SSSR count). The van der Waals surface area contributed by atoms with Gasteiger partial charge in [0.05, 0.1) is 12.9 Å². The Kier molecular flexibility index (Phi) is 4.12. The Labute approximate surface area is 82.9 Å². The fourth-order valence-electron chi connectivity index (χ4n) is 1.19. The molecular formula is C9H15N3O2. The molecule has 2 N–H and O–H groups in total.